The van der Waals surface area contributed by atoms with Gasteiger partial charge in [-0.05, 0) is 41.5 Å². The third-order valence-corrected chi connectivity index (χ3v) is 3.89. The maximum absolute atomic E-state index is 12.3. The SMILES string of the molecule is CC(C)(C)OC(=O)C[N+]1(CCCNC(=O)OC(C)(C)C)CCNCC1. The van der Waals surface area contributed by atoms with Gasteiger partial charge in [-0.2, -0.15) is 0 Å². The van der Waals surface area contributed by atoms with Gasteiger partial charge in [0.15, 0.2) is 6.54 Å². The van der Waals surface area contributed by atoms with E-state index in [0.717, 1.165) is 39.1 Å². The average molecular weight is 359 g/mol. The van der Waals surface area contributed by atoms with Gasteiger partial charge in [0, 0.05) is 26.1 Å². The number of nitrogens with zero attached hydrogens (tertiary/aromatic N) is 1. The van der Waals surface area contributed by atoms with E-state index in [1.807, 2.05) is 41.5 Å². The first-order valence-electron chi connectivity index (χ1n) is 9.15. The van der Waals surface area contributed by atoms with Gasteiger partial charge in [-0.3, -0.25) is 0 Å². The predicted octanol–water partition coefficient (Wildman–Crippen LogP) is 1.66. The lowest BCUT2D eigenvalue weighted by molar-refractivity contribution is -0.923. The molecule has 0 unspecified atom stereocenters. The molecule has 1 aliphatic rings. The molecule has 1 heterocycles. The number of carbonyl (C=O) groups excluding carboxylic acids is 2. The van der Waals surface area contributed by atoms with Crippen LogP contribution in [0.1, 0.15) is 48.0 Å². The second kappa shape index (κ2) is 8.85. The molecule has 0 aromatic rings. The molecule has 1 amide bonds. The minimum atomic E-state index is -0.493. The molecular weight excluding hydrogens is 322 g/mol. The number of ether oxygens (including phenoxy) is 2. The molecule has 0 radical (unpaired) electrons. The van der Waals surface area contributed by atoms with Gasteiger partial charge in [0.2, 0.25) is 0 Å². The highest BCUT2D eigenvalue weighted by atomic mass is 16.6. The quantitative estimate of drug-likeness (QED) is 0.429. The maximum Gasteiger partial charge on any atom is 0.407 e. The summed E-state index contributed by atoms with van der Waals surface area (Å²) in [4.78, 5) is 24.0. The van der Waals surface area contributed by atoms with E-state index < -0.39 is 17.3 Å². The lowest BCUT2D eigenvalue weighted by Gasteiger charge is -2.41. The van der Waals surface area contributed by atoms with Crippen LogP contribution < -0.4 is 10.6 Å². The first-order chi connectivity index (χ1) is 11.4. The molecule has 0 saturated carbocycles. The van der Waals surface area contributed by atoms with E-state index in [0.29, 0.717) is 17.6 Å². The number of hydrogen-bond donors (Lipinski definition) is 2. The van der Waals surface area contributed by atoms with Crippen molar-refractivity contribution >= 4 is 12.1 Å². The van der Waals surface area contributed by atoms with E-state index in [9.17, 15) is 9.59 Å². The fourth-order valence-electron chi connectivity index (χ4n) is 2.90. The summed E-state index contributed by atoms with van der Waals surface area (Å²) < 4.78 is 11.4. The zero-order chi connectivity index (χ0) is 19.1. The van der Waals surface area contributed by atoms with Crippen LogP contribution in [0.25, 0.3) is 0 Å². The molecule has 1 rings (SSSR count). The largest absolute Gasteiger partial charge is 0.456 e. The van der Waals surface area contributed by atoms with Crippen molar-refractivity contribution < 1.29 is 23.5 Å². The molecule has 0 aromatic heterocycles. The van der Waals surface area contributed by atoms with Crippen LogP contribution >= 0.6 is 0 Å². The van der Waals surface area contributed by atoms with E-state index in [1.54, 1.807) is 0 Å². The number of carbonyl (C=O) groups is 2. The number of piperazine rings is 1. The smallest absolute Gasteiger partial charge is 0.407 e. The van der Waals surface area contributed by atoms with E-state index in [-0.39, 0.29) is 5.97 Å². The summed E-state index contributed by atoms with van der Waals surface area (Å²) in [5.41, 5.74) is -0.958. The third-order valence-electron chi connectivity index (χ3n) is 3.89. The fraction of sp³-hybridized carbons (Fsp3) is 0.889. The molecule has 1 aliphatic heterocycles. The zero-order valence-corrected chi connectivity index (χ0v) is 16.7. The summed E-state index contributed by atoms with van der Waals surface area (Å²) >= 11 is 0. The molecule has 0 aliphatic carbocycles. The van der Waals surface area contributed by atoms with Crippen molar-refractivity contribution in [2.45, 2.75) is 59.2 Å². The Morgan fingerprint density at radius 2 is 1.56 bits per heavy atom. The number of amides is 1. The Hall–Kier alpha value is -1.34. The van der Waals surface area contributed by atoms with Crippen LogP contribution in [0.5, 0.6) is 0 Å². The summed E-state index contributed by atoms with van der Waals surface area (Å²) in [6.45, 7) is 16.5. The summed E-state index contributed by atoms with van der Waals surface area (Å²) in [7, 11) is 0. The molecule has 1 fully saturated rings. The van der Waals surface area contributed by atoms with Crippen LogP contribution in [0.3, 0.4) is 0 Å². The Labute approximate surface area is 152 Å². The van der Waals surface area contributed by atoms with E-state index in [1.165, 1.54) is 0 Å². The molecule has 7 nitrogen and oxygen atoms in total. The monoisotopic (exact) mass is 358 g/mol. The van der Waals surface area contributed by atoms with Gasteiger partial charge in [-0.25, -0.2) is 9.59 Å². The lowest BCUT2D eigenvalue weighted by atomic mass is 10.2. The van der Waals surface area contributed by atoms with Gasteiger partial charge in [-0.15, -0.1) is 0 Å². The van der Waals surface area contributed by atoms with Crippen LogP contribution in [0.15, 0.2) is 0 Å². The molecule has 0 spiro atoms. The molecule has 0 bridgehead atoms. The summed E-state index contributed by atoms with van der Waals surface area (Å²) in [5.74, 6) is -0.158. The summed E-state index contributed by atoms with van der Waals surface area (Å²) in [6.07, 6.45) is 0.397. The Morgan fingerprint density at radius 3 is 2.08 bits per heavy atom. The van der Waals surface area contributed by atoms with Crippen LogP contribution in [0.4, 0.5) is 4.79 Å². The van der Waals surface area contributed by atoms with E-state index >= 15 is 0 Å². The van der Waals surface area contributed by atoms with Gasteiger partial charge in [0.05, 0.1) is 19.6 Å². The van der Waals surface area contributed by atoms with Crippen LogP contribution in [-0.2, 0) is 14.3 Å². The van der Waals surface area contributed by atoms with Crippen LogP contribution in [0.2, 0.25) is 0 Å². The highest BCUT2D eigenvalue weighted by Gasteiger charge is 2.34. The Balaban J connectivity index is 2.48. The van der Waals surface area contributed by atoms with Crippen molar-refractivity contribution in [3.63, 3.8) is 0 Å². The van der Waals surface area contributed by atoms with Crippen molar-refractivity contribution in [2.75, 3.05) is 45.8 Å². The number of esters is 1. The average Bonchev–Trinajstić information content (AvgIpc) is 2.40. The van der Waals surface area contributed by atoms with Crippen LogP contribution in [0, 0.1) is 0 Å². The van der Waals surface area contributed by atoms with Crippen molar-refractivity contribution in [1.82, 2.24) is 10.6 Å². The number of alkyl carbamates (subject to hydrolysis) is 1. The second-order valence-electron chi connectivity index (χ2n) is 8.79. The minimum Gasteiger partial charge on any atom is -0.456 e. The Kier molecular flexibility index (Phi) is 7.68. The summed E-state index contributed by atoms with van der Waals surface area (Å²) in [6, 6.07) is 0. The van der Waals surface area contributed by atoms with Crippen molar-refractivity contribution in [3.05, 3.63) is 0 Å². The zero-order valence-electron chi connectivity index (χ0n) is 16.7. The number of hydrogen-bond acceptors (Lipinski definition) is 5. The van der Waals surface area contributed by atoms with E-state index in [4.69, 9.17) is 9.47 Å². The molecule has 0 aromatic carbocycles. The topological polar surface area (TPSA) is 76.7 Å². The number of quaternary nitrogens is 1. The normalized spacial score (nSPS) is 17.7. The van der Waals surface area contributed by atoms with E-state index in [2.05, 4.69) is 10.6 Å². The maximum atomic E-state index is 12.3. The highest BCUT2D eigenvalue weighted by Crippen LogP contribution is 2.14. The summed E-state index contributed by atoms with van der Waals surface area (Å²) in [5, 5.41) is 6.12. The van der Waals surface area contributed by atoms with Gasteiger partial charge in [0.1, 0.15) is 11.2 Å². The first kappa shape index (κ1) is 21.7. The Morgan fingerprint density at radius 1 is 1.00 bits per heavy atom. The van der Waals surface area contributed by atoms with Gasteiger partial charge >= 0.3 is 12.1 Å². The Bertz CT molecular complexity index is 446. The number of nitrogens with one attached hydrogen (secondary N) is 2. The minimum absolute atomic E-state index is 0.158. The molecule has 2 N–H and O–H groups in total. The van der Waals surface area contributed by atoms with Gasteiger partial charge in [-0.1, -0.05) is 0 Å². The molecule has 7 heteroatoms. The van der Waals surface area contributed by atoms with Crippen LogP contribution in [-0.4, -0.2) is 73.6 Å². The van der Waals surface area contributed by atoms with Gasteiger partial charge < -0.3 is 24.6 Å². The molecule has 146 valence electrons. The van der Waals surface area contributed by atoms with Gasteiger partial charge in [0.25, 0.3) is 0 Å². The molecule has 1 saturated heterocycles. The lowest BCUT2D eigenvalue weighted by Crippen LogP contribution is -2.61. The highest BCUT2D eigenvalue weighted by molar-refractivity contribution is 5.71. The standard InChI is InChI=1S/C18H35N3O4/c1-17(2,3)24-15(22)14-21(12-9-19-10-13-21)11-7-8-20-16(23)25-18(4,5)6/h19H,7-14H2,1-6H3/p+1. The molecule has 0 atom stereocenters. The predicted molar refractivity (Wildman–Crippen MR) is 97.3 cm³/mol. The van der Waals surface area contributed by atoms with Crippen molar-refractivity contribution in [3.8, 4) is 0 Å². The first-order valence-corrected chi connectivity index (χ1v) is 9.15. The molecular formula is C18H36N3O4+. The van der Waals surface area contributed by atoms with Crippen molar-refractivity contribution in [2.24, 2.45) is 0 Å². The number of rotatable bonds is 6. The second-order valence-corrected chi connectivity index (χ2v) is 8.79. The van der Waals surface area contributed by atoms with Crippen molar-refractivity contribution in [1.29, 1.82) is 0 Å². The fourth-order valence-corrected chi connectivity index (χ4v) is 2.90. The third kappa shape index (κ3) is 9.65. The molecule has 25 heavy (non-hydrogen) atoms.